The van der Waals surface area contributed by atoms with E-state index in [1.807, 2.05) is 21.7 Å². The number of amides is 1. The third-order valence-electron chi connectivity index (χ3n) is 4.86. The number of benzene rings is 1. The van der Waals surface area contributed by atoms with Gasteiger partial charge in [-0.1, -0.05) is 5.16 Å². The summed E-state index contributed by atoms with van der Waals surface area (Å²) in [5.74, 6) is 1.07. The van der Waals surface area contributed by atoms with E-state index in [9.17, 15) is 14.9 Å². The molecule has 1 amide bonds. The molecule has 0 spiro atoms. The second-order valence-electron chi connectivity index (χ2n) is 6.67. The van der Waals surface area contributed by atoms with Crippen LogP contribution in [0.25, 0.3) is 11.4 Å². The number of carbonyl (C=O) groups excluding carboxylic acids is 1. The fraction of sp³-hybridized carbons (Fsp3) is 0.316. The van der Waals surface area contributed by atoms with Gasteiger partial charge in [-0.15, -0.1) is 0 Å². The summed E-state index contributed by atoms with van der Waals surface area (Å²) in [5, 5.41) is 18.6. The summed E-state index contributed by atoms with van der Waals surface area (Å²) in [6.07, 6.45) is 0.737. The van der Waals surface area contributed by atoms with Gasteiger partial charge < -0.3 is 14.3 Å². The van der Waals surface area contributed by atoms with Gasteiger partial charge in [-0.05, 0) is 23.6 Å². The molecule has 10 heteroatoms. The zero-order valence-electron chi connectivity index (χ0n) is 15.6. The highest BCUT2D eigenvalue weighted by molar-refractivity contribution is 7.08. The first-order valence-electron chi connectivity index (χ1n) is 9.22. The highest BCUT2D eigenvalue weighted by atomic mass is 32.1. The molecule has 0 saturated carbocycles. The van der Waals surface area contributed by atoms with Gasteiger partial charge >= 0.3 is 0 Å². The van der Waals surface area contributed by atoms with Gasteiger partial charge in [0.15, 0.2) is 0 Å². The maximum Gasteiger partial charge on any atom is 0.269 e. The molecule has 3 heterocycles. The Balaban J connectivity index is 1.26. The van der Waals surface area contributed by atoms with Crippen molar-refractivity contribution >= 4 is 28.6 Å². The molecule has 1 fully saturated rings. The van der Waals surface area contributed by atoms with E-state index < -0.39 is 4.92 Å². The first-order valence-corrected chi connectivity index (χ1v) is 10.2. The Morgan fingerprint density at radius 3 is 2.59 bits per heavy atom. The lowest BCUT2D eigenvalue weighted by atomic mass is 10.2. The molecule has 150 valence electrons. The van der Waals surface area contributed by atoms with Gasteiger partial charge in [0.1, 0.15) is 0 Å². The van der Waals surface area contributed by atoms with Crippen molar-refractivity contribution in [2.24, 2.45) is 0 Å². The van der Waals surface area contributed by atoms with Gasteiger partial charge in [0.05, 0.1) is 4.92 Å². The Hall–Kier alpha value is -3.27. The van der Waals surface area contributed by atoms with Gasteiger partial charge in [-0.3, -0.25) is 14.9 Å². The number of thiophene rings is 1. The summed E-state index contributed by atoms with van der Waals surface area (Å²) in [6, 6.07) is 8.42. The smallest absolute Gasteiger partial charge is 0.269 e. The van der Waals surface area contributed by atoms with Crippen LogP contribution in [0.4, 0.5) is 11.4 Å². The molecule has 0 N–H and O–H groups in total. The second kappa shape index (κ2) is 8.39. The molecule has 3 aromatic rings. The van der Waals surface area contributed by atoms with Crippen LogP contribution in [0, 0.1) is 10.1 Å². The van der Waals surface area contributed by atoms with Gasteiger partial charge in [-0.2, -0.15) is 16.3 Å². The lowest BCUT2D eigenvalue weighted by molar-refractivity contribution is -0.384. The number of piperazine rings is 1. The normalized spacial score (nSPS) is 14.2. The van der Waals surface area contributed by atoms with Crippen LogP contribution in [-0.2, 0) is 11.2 Å². The van der Waals surface area contributed by atoms with Crippen LogP contribution >= 0.6 is 11.3 Å². The summed E-state index contributed by atoms with van der Waals surface area (Å²) in [4.78, 5) is 31.2. The fourth-order valence-electron chi connectivity index (χ4n) is 3.24. The predicted molar refractivity (Wildman–Crippen MR) is 108 cm³/mol. The van der Waals surface area contributed by atoms with Crippen molar-refractivity contribution in [1.29, 1.82) is 0 Å². The average Bonchev–Trinajstić information content (AvgIpc) is 3.44. The minimum Gasteiger partial charge on any atom is -0.368 e. The van der Waals surface area contributed by atoms with Crippen molar-refractivity contribution in [2.75, 3.05) is 31.1 Å². The number of hydrogen-bond donors (Lipinski definition) is 0. The number of aryl methyl sites for hydroxylation is 1. The average molecular weight is 413 g/mol. The minimum atomic E-state index is -0.410. The standard InChI is InChI=1S/C19H19N5O4S/c25-18(6-5-17-20-19(21-28-17)14-7-12-29-13-14)23-10-8-22(9-11-23)15-1-3-16(4-2-15)24(26)27/h1-4,7,12-13H,5-6,8-11H2. The van der Waals surface area contributed by atoms with Crippen molar-refractivity contribution < 1.29 is 14.2 Å². The molecule has 0 aliphatic carbocycles. The molecule has 0 bridgehead atoms. The summed E-state index contributed by atoms with van der Waals surface area (Å²) in [7, 11) is 0. The molecular weight excluding hydrogens is 394 g/mol. The molecule has 1 aliphatic heterocycles. The zero-order valence-corrected chi connectivity index (χ0v) is 16.4. The van der Waals surface area contributed by atoms with Gasteiger partial charge in [0, 0.05) is 67.8 Å². The molecule has 2 aromatic heterocycles. The lowest BCUT2D eigenvalue weighted by Crippen LogP contribution is -2.48. The van der Waals surface area contributed by atoms with E-state index in [0.717, 1.165) is 11.3 Å². The number of nitro groups is 1. The monoisotopic (exact) mass is 413 g/mol. The molecule has 0 unspecified atom stereocenters. The molecule has 29 heavy (non-hydrogen) atoms. The van der Waals surface area contributed by atoms with E-state index in [1.54, 1.807) is 23.5 Å². The second-order valence-corrected chi connectivity index (χ2v) is 7.45. The Kier molecular flexibility index (Phi) is 5.52. The topological polar surface area (TPSA) is 106 Å². The number of carbonyl (C=O) groups is 1. The Bertz CT molecular complexity index is 978. The SMILES string of the molecule is O=C(CCc1nc(-c2ccsc2)no1)N1CCN(c2ccc([N+](=O)[O-])cc2)CC1. The Morgan fingerprint density at radius 1 is 1.17 bits per heavy atom. The summed E-state index contributed by atoms with van der Waals surface area (Å²) >= 11 is 1.56. The van der Waals surface area contributed by atoms with Crippen molar-refractivity contribution in [3.63, 3.8) is 0 Å². The van der Waals surface area contributed by atoms with E-state index in [0.29, 0.717) is 50.7 Å². The van der Waals surface area contributed by atoms with Crippen LogP contribution in [0.1, 0.15) is 12.3 Å². The van der Waals surface area contributed by atoms with E-state index in [4.69, 9.17) is 4.52 Å². The minimum absolute atomic E-state index is 0.0589. The van der Waals surface area contributed by atoms with Gasteiger partial charge in [0.2, 0.25) is 17.6 Å². The van der Waals surface area contributed by atoms with Crippen LogP contribution in [0.2, 0.25) is 0 Å². The van der Waals surface area contributed by atoms with Crippen molar-refractivity contribution in [2.45, 2.75) is 12.8 Å². The van der Waals surface area contributed by atoms with Crippen LogP contribution < -0.4 is 4.90 Å². The summed E-state index contributed by atoms with van der Waals surface area (Å²) in [6.45, 7) is 2.60. The largest absolute Gasteiger partial charge is 0.368 e. The number of nitrogens with zero attached hydrogens (tertiary/aromatic N) is 5. The summed E-state index contributed by atoms with van der Waals surface area (Å²) < 4.78 is 5.24. The van der Waals surface area contributed by atoms with E-state index in [2.05, 4.69) is 15.0 Å². The Labute approximate surface area is 170 Å². The van der Waals surface area contributed by atoms with Crippen LogP contribution in [0.5, 0.6) is 0 Å². The highest BCUT2D eigenvalue weighted by Crippen LogP contribution is 2.21. The molecule has 1 aliphatic rings. The van der Waals surface area contributed by atoms with Crippen molar-refractivity contribution in [3.05, 3.63) is 57.1 Å². The maximum atomic E-state index is 12.5. The quantitative estimate of drug-likeness (QED) is 0.452. The zero-order chi connectivity index (χ0) is 20.2. The molecule has 4 rings (SSSR count). The van der Waals surface area contributed by atoms with Gasteiger partial charge in [-0.25, -0.2) is 0 Å². The maximum absolute atomic E-state index is 12.5. The van der Waals surface area contributed by atoms with Crippen molar-refractivity contribution in [1.82, 2.24) is 15.0 Å². The molecule has 0 atom stereocenters. The first kappa shape index (κ1) is 19.1. The van der Waals surface area contributed by atoms with E-state index in [1.165, 1.54) is 12.1 Å². The highest BCUT2D eigenvalue weighted by Gasteiger charge is 2.22. The van der Waals surface area contributed by atoms with Crippen LogP contribution in [0.15, 0.2) is 45.6 Å². The number of non-ortho nitro benzene ring substituents is 1. The molecule has 1 saturated heterocycles. The first-order chi connectivity index (χ1) is 14.1. The molecule has 0 radical (unpaired) electrons. The predicted octanol–water partition coefficient (Wildman–Crippen LogP) is 2.99. The number of anilines is 1. The van der Waals surface area contributed by atoms with E-state index >= 15 is 0 Å². The fourth-order valence-corrected chi connectivity index (χ4v) is 3.87. The number of nitro benzene ring substituents is 1. The molecule has 1 aromatic carbocycles. The van der Waals surface area contributed by atoms with E-state index in [-0.39, 0.29) is 11.6 Å². The third-order valence-corrected chi connectivity index (χ3v) is 5.54. The van der Waals surface area contributed by atoms with Crippen LogP contribution in [0.3, 0.4) is 0 Å². The summed E-state index contributed by atoms with van der Waals surface area (Å²) in [5.41, 5.74) is 1.92. The van der Waals surface area contributed by atoms with Crippen LogP contribution in [-0.4, -0.2) is 52.1 Å². The molecule has 9 nitrogen and oxygen atoms in total. The molecular formula is C19H19N5O4S. The number of aromatic nitrogens is 2. The third kappa shape index (κ3) is 4.43. The van der Waals surface area contributed by atoms with Gasteiger partial charge in [0.25, 0.3) is 5.69 Å². The number of rotatable bonds is 6. The van der Waals surface area contributed by atoms with Crippen molar-refractivity contribution in [3.8, 4) is 11.4 Å². The number of hydrogen-bond acceptors (Lipinski definition) is 8. The Morgan fingerprint density at radius 2 is 1.93 bits per heavy atom. The lowest BCUT2D eigenvalue weighted by Gasteiger charge is -2.36.